The van der Waals surface area contributed by atoms with Crippen molar-refractivity contribution < 1.29 is 14.2 Å². The summed E-state index contributed by atoms with van der Waals surface area (Å²) in [7, 11) is 1.45. The quantitative estimate of drug-likeness (QED) is 0.864. The number of hydrogen-bond donors (Lipinski definition) is 2. The van der Waals surface area contributed by atoms with Crippen LogP contribution in [0.3, 0.4) is 0 Å². The van der Waals surface area contributed by atoms with Gasteiger partial charge in [0.25, 0.3) is 0 Å². The minimum absolute atomic E-state index is 0.244. The third-order valence-corrected chi connectivity index (χ3v) is 3.51. The minimum atomic E-state index is -0.718. The van der Waals surface area contributed by atoms with E-state index < -0.39 is 5.60 Å². The molecule has 18 heavy (non-hydrogen) atoms. The molecule has 0 bridgehead atoms. The number of benzene rings is 1. The molecule has 1 aliphatic rings. The maximum atomic E-state index is 13.6. The number of rotatable bonds is 3. The topological polar surface area (TPSA) is 41.5 Å². The zero-order chi connectivity index (χ0) is 13.0. The summed E-state index contributed by atoms with van der Waals surface area (Å²) < 4.78 is 18.5. The van der Waals surface area contributed by atoms with Crippen molar-refractivity contribution in [2.75, 3.05) is 20.2 Å². The van der Waals surface area contributed by atoms with Gasteiger partial charge in [0.15, 0.2) is 11.6 Å². The van der Waals surface area contributed by atoms with Crippen molar-refractivity contribution >= 4 is 0 Å². The van der Waals surface area contributed by atoms with E-state index in [2.05, 4.69) is 5.32 Å². The number of halogens is 1. The van der Waals surface area contributed by atoms with Gasteiger partial charge in [0.05, 0.1) is 12.7 Å². The second-order valence-corrected chi connectivity index (χ2v) is 4.97. The van der Waals surface area contributed by atoms with E-state index in [1.807, 2.05) is 6.07 Å². The first-order valence-electron chi connectivity index (χ1n) is 6.38. The molecule has 100 valence electrons. The first-order valence-corrected chi connectivity index (χ1v) is 6.38. The van der Waals surface area contributed by atoms with Crippen LogP contribution in [0.1, 0.15) is 24.8 Å². The van der Waals surface area contributed by atoms with Crippen molar-refractivity contribution in [1.29, 1.82) is 0 Å². The highest BCUT2D eigenvalue weighted by molar-refractivity contribution is 5.30. The molecule has 3 nitrogen and oxygen atoms in total. The van der Waals surface area contributed by atoms with Crippen molar-refractivity contribution in [3.63, 3.8) is 0 Å². The van der Waals surface area contributed by atoms with Gasteiger partial charge in [0.1, 0.15) is 0 Å². The van der Waals surface area contributed by atoms with Crippen LogP contribution in [0.5, 0.6) is 5.75 Å². The van der Waals surface area contributed by atoms with Gasteiger partial charge in [-0.15, -0.1) is 0 Å². The molecule has 0 amide bonds. The van der Waals surface area contributed by atoms with Crippen LogP contribution in [-0.4, -0.2) is 30.9 Å². The standard InChI is InChI=1S/C14H20FNO2/c1-18-13-4-3-11(9-12(13)15)10-14(17)5-2-7-16-8-6-14/h3-4,9,16-17H,2,5-8,10H2,1H3. The van der Waals surface area contributed by atoms with Gasteiger partial charge in [0, 0.05) is 6.42 Å². The van der Waals surface area contributed by atoms with Crippen LogP contribution in [0.25, 0.3) is 0 Å². The smallest absolute Gasteiger partial charge is 0.165 e. The summed E-state index contributed by atoms with van der Waals surface area (Å²) in [6, 6.07) is 4.89. The van der Waals surface area contributed by atoms with Gasteiger partial charge >= 0.3 is 0 Å². The Hall–Kier alpha value is -1.13. The van der Waals surface area contributed by atoms with Crippen LogP contribution in [0, 0.1) is 5.82 Å². The summed E-state index contributed by atoms with van der Waals surface area (Å²) in [6.07, 6.45) is 2.92. The number of hydrogen-bond acceptors (Lipinski definition) is 3. The highest BCUT2D eigenvalue weighted by atomic mass is 19.1. The SMILES string of the molecule is COc1ccc(CC2(O)CCCNCC2)cc1F. The zero-order valence-corrected chi connectivity index (χ0v) is 10.7. The number of aliphatic hydroxyl groups is 1. The fraction of sp³-hybridized carbons (Fsp3) is 0.571. The van der Waals surface area contributed by atoms with E-state index in [0.29, 0.717) is 12.8 Å². The fourth-order valence-corrected chi connectivity index (χ4v) is 2.49. The zero-order valence-electron chi connectivity index (χ0n) is 10.7. The third kappa shape index (κ3) is 3.21. The average Bonchev–Trinajstić information content (AvgIpc) is 2.54. The molecule has 1 aliphatic heterocycles. The van der Waals surface area contributed by atoms with E-state index in [1.165, 1.54) is 13.2 Å². The second kappa shape index (κ2) is 5.67. The van der Waals surface area contributed by atoms with Gasteiger partial charge in [-0.25, -0.2) is 4.39 Å². The summed E-state index contributed by atoms with van der Waals surface area (Å²) in [5, 5.41) is 13.8. The number of nitrogens with one attached hydrogen (secondary N) is 1. The molecule has 0 saturated carbocycles. The van der Waals surface area contributed by atoms with Gasteiger partial charge in [-0.3, -0.25) is 0 Å². The summed E-state index contributed by atoms with van der Waals surface area (Å²) in [6.45, 7) is 1.76. The Bertz CT molecular complexity index is 401. The molecule has 4 heteroatoms. The Balaban J connectivity index is 2.10. The van der Waals surface area contributed by atoms with Gasteiger partial charge < -0.3 is 15.2 Å². The van der Waals surface area contributed by atoms with E-state index in [9.17, 15) is 9.50 Å². The molecule has 0 aliphatic carbocycles. The lowest BCUT2D eigenvalue weighted by atomic mass is 9.88. The predicted octanol–water partition coefficient (Wildman–Crippen LogP) is 1.88. The first-order chi connectivity index (χ1) is 8.63. The minimum Gasteiger partial charge on any atom is -0.494 e. The van der Waals surface area contributed by atoms with Crippen molar-refractivity contribution in [1.82, 2.24) is 5.32 Å². The highest BCUT2D eigenvalue weighted by Gasteiger charge is 2.28. The van der Waals surface area contributed by atoms with Crippen molar-refractivity contribution in [3.8, 4) is 5.75 Å². The molecule has 1 heterocycles. The molecule has 0 radical (unpaired) electrons. The molecule has 1 atom stereocenters. The van der Waals surface area contributed by atoms with Gasteiger partial charge in [-0.2, -0.15) is 0 Å². The van der Waals surface area contributed by atoms with E-state index in [1.54, 1.807) is 6.07 Å². The molecule has 1 aromatic carbocycles. The molecular formula is C14H20FNO2. The largest absolute Gasteiger partial charge is 0.494 e. The summed E-state index contributed by atoms with van der Waals surface area (Å²) in [5.74, 6) is -0.126. The summed E-state index contributed by atoms with van der Waals surface area (Å²) in [4.78, 5) is 0. The van der Waals surface area contributed by atoms with E-state index in [4.69, 9.17) is 4.74 Å². The van der Waals surface area contributed by atoms with Crippen molar-refractivity contribution in [3.05, 3.63) is 29.6 Å². The highest BCUT2D eigenvalue weighted by Crippen LogP contribution is 2.26. The Kier molecular flexibility index (Phi) is 4.19. The maximum Gasteiger partial charge on any atom is 0.165 e. The molecule has 2 rings (SSSR count). The molecule has 1 saturated heterocycles. The monoisotopic (exact) mass is 253 g/mol. The molecule has 2 N–H and O–H groups in total. The molecular weight excluding hydrogens is 233 g/mol. The molecule has 0 aromatic heterocycles. The van der Waals surface area contributed by atoms with E-state index in [-0.39, 0.29) is 11.6 Å². The lowest BCUT2D eigenvalue weighted by Gasteiger charge is -2.26. The molecule has 0 spiro atoms. The van der Waals surface area contributed by atoms with Crippen LogP contribution in [-0.2, 0) is 6.42 Å². The van der Waals surface area contributed by atoms with Crippen molar-refractivity contribution in [2.45, 2.75) is 31.3 Å². The Morgan fingerprint density at radius 1 is 1.39 bits per heavy atom. The predicted molar refractivity (Wildman–Crippen MR) is 68.3 cm³/mol. The van der Waals surface area contributed by atoms with Crippen LogP contribution >= 0.6 is 0 Å². The van der Waals surface area contributed by atoms with Crippen molar-refractivity contribution in [2.24, 2.45) is 0 Å². The average molecular weight is 253 g/mol. The number of ether oxygens (including phenoxy) is 1. The van der Waals surface area contributed by atoms with Gasteiger partial charge in [-0.05, 0) is 50.0 Å². The first kappa shape index (κ1) is 13.3. The maximum absolute atomic E-state index is 13.6. The van der Waals surface area contributed by atoms with E-state index in [0.717, 1.165) is 31.5 Å². The summed E-state index contributed by atoms with van der Waals surface area (Å²) in [5.41, 5.74) is 0.0996. The fourth-order valence-electron chi connectivity index (χ4n) is 2.49. The molecule has 1 aromatic rings. The van der Waals surface area contributed by atoms with Crippen LogP contribution in [0.4, 0.5) is 4.39 Å². The van der Waals surface area contributed by atoms with Crippen LogP contribution in [0.2, 0.25) is 0 Å². The lowest BCUT2D eigenvalue weighted by molar-refractivity contribution is 0.0284. The lowest BCUT2D eigenvalue weighted by Crippen LogP contribution is -2.32. The van der Waals surface area contributed by atoms with E-state index >= 15 is 0 Å². The van der Waals surface area contributed by atoms with Crippen LogP contribution < -0.4 is 10.1 Å². The number of methoxy groups -OCH3 is 1. The Morgan fingerprint density at radius 3 is 2.94 bits per heavy atom. The van der Waals surface area contributed by atoms with Gasteiger partial charge in [0.2, 0.25) is 0 Å². The third-order valence-electron chi connectivity index (χ3n) is 3.51. The summed E-state index contributed by atoms with van der Waals surface area (Å²) >= 11 is 0. The molecule has 1 unspecified atom stereocenters. The molecule has 1 fully saturated rings. The van der Waals surface area contributed by atoms with Gasteiger partial charge in [-0.1, -0.05) is 6.07 Å². The van der Waals surface area contributed by atoms with Crippen LogP contribution in [0.15, 0.2) is 18.2 Å². The normalized spacial score (nSPS) is 24.6. The second-order valence-electron chi connectivity index (χ2n) is 4.97. The Morgan fingerprint density at radius 2 is 2.22 bits per heavy atom. The Labute approximate surface area is 107 Å².